The van der Waals surface area contributed by atoms with Gasteiger partial charge in [-0.25, -0.2) is 8.42 Å². The van der Waals surface area contributed by atoms with Gasteiger partial charge in [-0.1, -0.05) is 47.8 Å². The van der Waals surface area contributed by atoms with Crippen molar-refractivity contribution in [1.29, 1.82) is 0 Å². The van der Waals surface area contributed by atoms with Gasteiger partial charge in [0.15, 0.2) is 9.84 Å². The summed E-state index contributed by atoms with van der Waals surface area (Å²) in [6, 6.07) is 10.4. The molecule has 1 aliphatic carbocycles. The summed E-state index contributed by atoms with van der Waals surface area (Å²) in [5, 5.41) is 13.7. The zero-order valence-electron chi connectivity index (χ0n) is 19.7. The molecule has 0 aromatic heterocycles. The van der Waals surface area contributed by atoms with Crippen molar-refractivity contribution in [3.8, 4) is 0 Å². The van der Waals surface area contributed by atoms with Crippen LogP contribution in [-0.2, 0) is 27.6 Å². The summed E-state index contributed by atoms with van der Waals surface area (Å²) in [4.78, 5) is 15.1. The Bertz CT molecular complexity index is 1170. The van der Waals surface area contributed by atoms with Crippen LogP contribution in [-0.4, -0.2) is 49.3 Å². The lowest BCUT2D eigenvalue weighted by Gasteiger charge is -2.29. The summed E-state index contributed by atoms with van der Waals surface area (Å²) < 4.78 is 25.2. The minimum Gasteiger partial charge on any atom is -0.392 e. The number of hydrogen-bond acceptors (Lipinski definition) is 5. The molecule has 9 heteroatoms. The predicted molar refractivity (Wildman–Crippen MR) is 139 cm³/mol. The molecule has 0 bridgehead atoms. The zero-order valence-corrected chi connectivity index (χ0v) is 22.0. The number of sulfone groups is 1. The molecular weight excluding hydrogens is 507 g/mol. The van der Waals surface area contributed by atoms with E-state index in [0.29, 0.717) is 0 Å². The molecule has 2 N–H and O–H groups in total. The van der Waals surface area contributed by atoms with E-state index in [-0.39, 0.29) is 33.3 Å². The van der Waals surface area contributed by atoms with Crippen molar-refractivity contribution in [3.05, 3.63) is 63.1 Å². The van der Waals surface area contributed by atoms with Crippen LogP contribution >= 0.6 is 23.2 Å². The highest BCUT2D eigenvalue weighted by Gasteiger charge is 2.26. The van der Waals surface area contributed by atoms with Crippen LogP contribution in [0.25, 0.3) is 0 Å². The first-order chi connectivity index (χ1) is 16.7. The Morgan fingerprint density at radius 2 is 1.83 bits per heavy atom. The summed E-state index contributed by atoms with van der Waals surface area (Å²) in [6.07, 6.45) is 5.00. The van der Waals surface area contributed by atoms with E-state index in [0.717, 1.165) is 44.5 Å². The molecular formula is C26H32Cl2N2O4S. The summed E-state index contributed by atoms with van der Waals surface area (Å²) in [5.41, 5.74) is 3.68. The van der Waals surface area contributed by atoms with E-state index in [1.807, 2.05) is 0 Å². The van der Waals surface area contributed by atoms with Crippen LogP contribution in [0.1, 0.15) is 61.3 Å². The van der Waals surface area contributed by atoms with E-state index < -0.39 is 21.7 Å². The van der Waals surface area contributed by atoms with Gasteiger partial charge in [0.05, 0.1) is 39.3 Å². The highest BCUT2D eigenvalue weighted by atomic mass is 35.5. The van der Waals surface area contributed by atoms with Crippen molar-refractivity contribution in [2.24, 2.45) is 0 Å². The lowest BCUT2D eigenvalue weighted by Crippen LogP contribution is -2.35. The van der Waals surface area contributed by atoms with Gasteiger partial charge in [-0.05, 0) is 80.1 Å². The number of nitrogens with zero attached hydrogens (tertiary/aromatic N) is 1. The first-order valence-corrected chi connectivity index (χ1v) is 14.6. The number of halogens is 2. The molecule has 1 saturated heterocycles. The van der Waals surface area contributed by atoms with E-state index >= 15 is 0 Å². The number of carbonyl (C=O) groups excluding carboxylic acids is 1. The molecule has 35 heavy (non-hydrogen) atoms. The van der Waals surface area contributed by atoms with Crippen LogP contribution < -0.4 is 5.32 Å². The van der Waals surface area contributed by atoms with Gasteiger partial charge in [-0.15, -0.1) is 0 Å². The average molecular weight is 540 g/mol. The Kier molecular flexibility index (Phi) is 8.76. The standard InChI is InChI=1S/C26H32Cl2N2O4S/c27-23-10-8-21(15-24(23)28)35(33,34)17-20(31)14-26(32)29-25-6-4-5-19-13-18(7-9-22(19)25)16-30-11-2-1-3-12-30/h7-10,13,15,20,25,31H,1-6,11-12,14,16-17H2,(H,29,32)/t20-,25+/m0/s1. The van der Waals surface area contributed by atoms with E-state index in [1.54, 1.807) is 0 Å². The third-order valence-electron chi connectivity index (χ3n) is 6.79. The average Bonchev–Trinajstić information content (AvgIpc) is 2.81. The van der Waals surface area contributed by atoms with Crippen LogP contribution in [0.2, 0.25) is 10.0 Å². The Morgan fingerprint density at radius 1 is 1.06 bits per heavy atom. The number of likely N-dealkylation sites (tertiary alicyclic amines) is 1. The second-order valence-electron chi connectivity index (χ2n) is 9.60. The van der Waals surface area contributed by atoms with Crippen molar-refractivity contribution < 1.29 is 18.3 Å². The highest BCUT2D eigenvalue weighted by Crippen LogP contribution is 2.31. The summed E-state index contributed by atoms with van der Waals surface area (Å²) in [7, 11) is -3.82. The summed E-state index contributed by atoms with van der Waals surface area (Å²) in [6.45, 7) is 3.27. The van der Waals surface area contributed by atoms with Crippen molar-refractivity contribution in [2.75, 3.05) is 18.8 Å². The number of nitrogens with one attached hydrogen (secondary N) is 1. The van der Waals surface area contributed by atoms with Crippen molar-refractivity contribution in [2.45, 2.75) is 68.5 Å². The van der Waals surface area contributed by atoms with Gasteiger partial charge in [-0.3, -0.25) is 9.69 Å². The lowest BCUT2D eigenvalue weighted by atomic mass is 9.86. The van der Waals surface area contributed by atoms with Gasteiger partial charge in [0, 0.05) is 6.54 Å². The van der Waals surface area contributed by atoms with Gasteiger partial charge in [0.25, 0.3) is 0 Å². The fraction of sp³-hybridized carbons (Fsp3) is 0.500. The number of piperidine rings is 1. The molecule has 190 valence electrons. The van der Waals surface area contributed by atoms with Gasteiger partial charge >= 0.3 is 0 Å². The van der Waals surface area contributed by atoms with Crippen LogP contribution in [0.15, 0.2) is 41.3 Å². The molecule has 1 fully saturated rings. The van der Waals surface area contributed by atoms with Crippen LogP contribution in [0, 0.1) is 0 Å². The van der Waals surface area contributed by atoms with Gasteiger partial charge in [0.1, 0.15) is 0 Å². The maximum Gasteiger partial charge on any atom is 0.223 e. The molecule has 2 aliphatic rings. The number of rotatable bonds is 8. The monoisotopic (exact) mass is 538 g/mol. The van der Waals surface area contributed by atoms with Crippen molar-refractivity contribution >= 4 is 38.9 Å². The first kappa shape index (κ1) is 26.4. The molecule has 0 radical (unpaired) electrons. The second kappa shape index (κ2) is 11.6. The number of amides is 1. The Labute approximate surface area is 217 Å². The van der Waals surface area contributed by atoms with Crippen molar-refractivity contribution in [3.63, 3.8) is 0 Å². The minimum absolute atomic E-state index is 0.0343. The van der Waals surface area contributed by atoms with Gasteiger partial charge in [-0.2, -0.15) is 0 Å². The Hall–Kier alpha value is -1.64. The fourth-order valence-corrected chi connectivity index (χ4v) is 6.79. The first-order valence-electron chi connectivity index (χ1n) is 12.2. The number of hydrogen-bond donors (Lipinski definition) is 2. The third kappa shape index (κ3) is 6.98. The molecule has 2 aromatic carbocycles. The Morgan fingerprint density at radius 3 is 2.57 bits per heavy atom. The lowest BCUT2D eigenvalue weighted by molar-refractivity contribution is -0.123. The molecule has 6 nitrogen and oxygen atoms in total. The molecule has 0 saturated carbocycles. The third-order valence-corrected chi connectivity index (χ3v) is 9.33. The van der Waals surface area contributed by atoms with Crippen LogP contribution in [0.3, 0.4) is 0 Å². The number of fused-ring (bicyclic) bond motifs is 1. The number of aliphatic hydroxyl groups excluding tert-OH is 1. The largest absolute Gasteiger partial charge is 0.392 e. The predicted octanol–water partition coefficient (Wildman–Crippen LogP) is 4.70. The summed E-state index contributed by atoms with van der Waals surface area (Å²) >= 11 is 11.8. The zero-order chi connectivity index (χ0) is 25.0. The summed E-state index contributed by atoms with van der Waals surface area (Å²) in [5.74, 6) is -0.934. The highest BCUT2D eigenvalue weighted by molar-refractivity contribution is 7.91. The quantitative estimate of drug-likeness (QED) is 0.508. The molecule has 0 spiro atoms. The number of carbonyl (C=O) groups is 1. The van der Waals surface area contributed by atoms with E-state index in [9.17, 15) is 18.3 Å². The van der Waals surface area contributed by atoms with Gasteiger partial charge < -0.3 is 10.4 Å². The molecule has 1 aliphatic heterocycles. The smallest absolute Gasteiger partial charge is 0.223 e. The molecule has 2 aromatic rings. The molecule has 0 unspecified atom stereocenters. The van der Waals surface area contributed by atoms with E-state index in [2.05, 4.69) is 28.4 Å². The maximum absolute atomic E-state index is 12.7. The van der Waals surface area contributed by atoms with Crippen LogP contribution in [0.5, 0.6) is 0 Å². The number of aryl methyl sites for hydroxylation is 1. The normalized spacial score (nSPS) is 19.7. The van der Waals surface area contributed by atoms with Crippen molar-refractivity contribution in [1.82, 2.24) is 10.2 Å². The molecule has 2 atom stereocenters. The van der Waals surface area contributed by atoms with E-state index in [4.69, 9.17) is 23.2 Å². The number of benzene rings is 2. The fourth-order valence-electron chi connectivity index (χ4n) is 5.04. The Balaban J connectivity index is 1.34. The molecule has 1 heterocycles. The maximum atomic E-state index is 12.7. The van der Waals surface area contributed by atoms with Crippen LogP contribution in [0.4, 0.5) is 0 Å². The SMILES string of the molecule is O=C(C[C@H](O)CS(=O)(=O)c1ccc(Cl)c(Cl)c1)N[C@@H]1CCCc2cc(CN3CCCCC3)ccc21. The van der Waals surface area contributed by atoms with Gasteiger partial charge in [0.2, 0.25) is 5.91 Å². The molecule has 1 amide bonds. The second-order valence-corrected chi connectivity index (χ2v) is 12.4. The molecule has 4 rings (SSSR count). The van der Waals surface area contributed by atoms with E-state index in [1.165, 1.54) is 48.6 Å². The topological polar surface area (TPSA) is 86.7 Å². The number of aliphatic hydroxyl groups is 1. The minimum atomic E-state index is -3.82.